The molecule has 3 heterocycles. The van der Waals surface area contributed by atoms with Gasteiger partial charge in [0.25, 0.3) is 0 Å². The molecule has 0 saturated carbocycles. The number of carbonyl (C=O) groups is 1. The van der Waals surface area contributed by atoms with Crippen molar-refractivity contribution in [2.24, 2.45) is 0 Å². The lowest BCUT2D eigenvalue weighted by Gasteiger charge is -2.08. The van der Waals surface area contributed by atoms with E-state index in [1.54, 1.807) is 11.3 Å². The minimum Gasteiger partial charge on any atom is -0.376 e. The molecule has 124 valence electrons. The Morgan fingerprint density at radius 3 is 3.09 bits per heavy atom. The number of anilines is 1. The van der Waals surface area contributed by atoms with E-state index >= 15 is 0 Å². The third-order valence-corrected chi connectivity index (χ3v) is 6.81. The van der Waals surface area contributed by atoms with Crippen molar-refractivity contribution in [2.75, 3.05) is 24.2 Å². The number of hydrogen-bond acceptors (Lipinski definition) is 8. The smallest absolute Gasteiger partial charge is 0.206 e. The van der Waals surface area contributed by atoms with E-state index in [1.165, 1.54) is 28.0 Å². The number of aryl methyl sites for hydroxylation is 1. The van der Waals surface area contributed by atoms with Crippen LogP contribution in [0.3, 0.4) is 0 Å². The van der Waals surface area contributed by atoms with E-state index in [0.29, 0.717) is 5.75 Å². The Balaban J connectivity index is 1.45. The molecular weight excluding hydrogens is 350 g/mol. The van der Waals surface area contributed by atoms with Crippen LogP contribution in [0, 0.1) is 0 Å². The molecule has 5 nitrogen and oxygen atoms in total. The summed E-state index contributed by atoms with van der Waals surface area (Å²) in [6, 6.07) is 3.95. The third-order valence-electron chi connectivity index (χ3n) is 3.52. The fraction of sp³-hybridized carbons (Fsp3) is 0.533. The summed E-state index contributed by atoms with van der Waals surface area (Å²) in [6.07, 6.45) is 3.49. The molecule has 0 radical (unpaired) electrons. The van der Waals surface area contributed by atoms with Crippen LogP contribution in [0.1, 0.15) is 34.3 Å². The van der Waals surface area contributed by atoms with Gasteiger partial charge in [0.2, 0.25) is 5.13 Å². The average Bonchev–Trinajstić information content (AvgIpc) is 3.31. The summed E-state index contributed by atoms with van der Waals surface area (Å²) in [5.74, 6) is 0.563. The van der Waals surface area contributed by atoms with Crippen LogP contribution in [0.15, 0.2) is 16.5 Å². The normalized spacial score (nSPS) is 17.5. The first-order chi connectivity index (χ1) is 11.2. The van der Waals surface area contributed by atoms with E-state index in [1.807, 2.05) is 12.1 Å². The van der Waals surface area contributed by atoms with Gasteiger partial charge >= 0.3 is 0 Å². The van der Waals surface area contributed by atoms with Crippen molar-refractivity contribution in [1.29, 1.82) is 0 Å². The van der Waals surface area contributed by atoms with Crippen LogP contribution in [-0.2, 0) is 11.2 Å². The van der Waals surface area contributed by atoms with Gasteiger partial charge in [-0.15, -0.1) is 21.5 Å². The topological polar surface area (TPSA) is 64.1 Å². The average molecular weight is 370 g/mol. The molecule has 1 aliphatic rings. The number of ketones is 1. The molecule has 0 aliphatic carbocycles. The second-order valence-corrected chi connectivity index (χ2v) is 8.59. The largest absolute Gasteiger partial charge is 0.376 e. The number of nitrogens with zero attached hydrogens (tertiary/aromatic N) is 2. The molecule has 1 atom stereocenters. The van der Waals surface area contributed by atoms with Crippen molar-refractivity contribution < 1.29 is 9.53 Å². The lowest BCUT2D eigenvalue weighted by Crippen LogP contribution is -2.18. The van der Waals surface area contributed by atoms with Crippen LogP contribution in [0.25, 0.3) is 0 Å². The first-order valence-corrected chi connectivity index (χ1v) is 10.3. The van der Waals surface area contributed by atoms with Crippen molar-refractivity contribution in [2.45, 2.75) is 36.6 Å². The van der Waals surface area contributed by atoms with Crippen molar-refractivity contribution in [3.05, 3.63) is 21.9 Å². The molecule has 0 aromatic carbocycles. The maximum atomic E-state index is 12.2. The summed E-state index contributed by atoms with van der Waals surface area (Å²) in [4.78, 5) is 14.2. The highest BCUT2D eigenvalue weighted by molar-refractivity contribution is 8.01. The van der Waals surface area contributed by atoms with Crippen molar-refractivity contribution in [3.63, 3.8) is 0 Å². The molecule has 1 fully saturated rings. The fourth-order valence-corrected chi connectivity index (χ4v) is 4.88. The Kier molecular flexibility index (Phi) is 6.04. The Hall–Kier alpha value is -0.960. The SMILES string of the molecule is CCc1ccc(C(=O)CSc2nnc(NCC3CCCO3)s2)s1. The predicted octanol–water partition coefficient (Wildman–Crippen LogP) is 3.73. The van der Waals surface area contributed by atoms with E-state index in [-0.39, 0.29) is 11.9 Å². The second-order valence-electron chi connectivity index (χ2n) is 5.22. The van der Waals surface area contributed by atoms with Gasteiger partial charge in [0.15, 0.2) is 10.1 Å². The van der Waals surface area contributed by atoms with Gasteiger partial charge in [-0.2, -0.15) is 0 Å². The van der Waals surface area contributed by atoms with Crippen LogP contribution in [0.5, 0.6) is 0 Å². The monoisotopic (exact) mass is 369 g/mol. The molecule has 1 unspecified atom stereocenters. The standard InChI is InChI=1S/C15H19N3O2S3/c1-2-11-5-6-13(22-11)12(19)9-21-15-18-17-14(23-15)16-8-10-4-3-7-20-10/h5-6,10H,2-4,7-9H2,1H3,(H,16,17). The molecule has 23 heavy (non-hydrogen) atoms. The highest BCUT2D eigenvalue weighted by atomic mass is 32.2. The second kappa shape index (κ2) is 8.23. The molecule has 8 heteroatoms. The van der Waals surface area contributed by atoms with Crippen molar-refractivity contribution >= 4 is 45.4 Å². The summed E-state index contributed by atoms with van der Waals surface area (Å²) >= 11 is 4.52. The summed E-state index contributed by atoms with van der Waals surface area (Å²) in [5.41, 5.74) is 0. The number of ether oxygens (including phenoxy) is 1. The Morgan fingerprint density at radius 1 is 1.43 bits per heavy atom. The van der Waals surface area contributed by atoms with Gasteiger partial charge in [-0.3, -0.25) is 4.79 Å². The molecule has 3 rings (SSSR count). The van der Waals surface area contributed by atoms with Gasteiger partial charge in [0, 0.05) is 18.0 Å². The van der Waals surface area contributed by atoms with Crippen LogP contribution in [0.2, 0.25) is 0 Å². The maximum Gasteiger partial charge on any atom is 0.206 e. The van der Waals surface area contributed by atoms with Crippen LogP contribution >= 0.6 is 34.4 Å². The van der Waals surface area contributed by atoms with E-state index < -0.39 is 0 Å². The summed E-state index contributed by atoms with van der Waals surface area (Å²) in [6.45, 7) is 3.72. The zero-order valence-electron chi connectivity index (χ0n) is 12.9. The Bertz CT molecular complexity index is 650. The van der Waals surface area contributed by atoms with Crippen molar-refractivity contribution in [3.8, 4) is 0 Å². The molecule has 0 amide bonds. The zero-order chi connectivity index (χ0) is 16.1. The van der Waals surface area contributed by atoms with Crippen LogP contribution < -0.4 is 5.32 Å². The number of rotatable bonds is 8. The van der Waals surface area contributed by atoms with Gasteiger partial charge < -0.3 is 10.1 Å². The molecule has 0 spiro atoms. The molecule has 1 aliphatic heterocycles. The molecule has 1 N–H and O–H groups in total. The molecule has 0 bridgehead atoms. The first-order valence-electron chi connectivity index (χ1n) is 7.68. The quantitative estimate of drug-likeness (QED) is 0.565. The number of nitrogens with one attached hydrogen (secondary N) is 1. The van der Waals surface area contributed by atoms with Crippen molar-refractivity contribution in [1.82, 2.24) is 10.2 Å². The van der Waals surface area contributed by atoms with E-state index in [0.717, 1.165) is 46.8 Å². The molecular formula is C15H19N3O2S3. The Morgan fingerprint density at radius 2 is 2.35 bits per heavy atom. The number of Topliss-reactive ketones (excluding diaryl/α,β-unsaturated/α-hetero) is 1. The van der Waals surface area contributed by atoms with Gasteiger partial charge in [0.1, 0.15) is 0 Å². The number of thiophene rings is 1. The maximum absolute atomic E-state index is 12.2. The third kappa shape index (κ3) is 4.76. The van der Waals surface area contributed by atoms with E-state index in [9.17, 15) is 4.79 Å². The first kappa shape index (κ1) is 16.9. The zero-order valence-corrected chi connectivity index (χ0v) is 15.4. The highest BCUT2D eigenvalue weighted by Gasteiger charge is 2.16. The van der Waals surface area contributed by atoms with Gasteiger partial charge in [-0.25, -0.2) is 0 Å². The number of carbonyl (C=O) groups excluding carboxylic acids is 1. The van der Waals surface area contributed by atoms with Crippen LogP contribution in [-0.4, -0.2) is 41.0 Å². The van der Waals surface area contributed by atoms with E-state index in [4.69, 9.17) is 4.74 Å². The Labute approximate surface area is 147 Å². The number of hydrogen-bond donors (Lipinski definition) is 1. The number of thioether (sulfide) groups is 1. The minimum absolute atomic E-state index is 0.156. The van der Waals surface area contributed by atoms with Gasteiger partial charge in [0.05, 0.1) is 16.7 Å². The lowest BCUT2D eigenvalue weighted by molar-refractivity contribution is 0.102. The van der Waals surface area contributed by atoms with Gasteiger partial charge in [-0.05, 0) is 31.4 Å². The highest BCUT2D eigenvalue weighted by Crippen LogP contribution is 2.27. The summed E-state index contributed by atoms with van der Waals surface area (Å²) < 4.78 is 6.39. The number of aromatic nitrogens is 2. The van der Waals surface area contributed by atoms with Gasteiger partial charge in [-0.1, -0.05) is 30.0 Å². The fourth-order valence-electron chi connectivity index (χ4n) is 2.26. The summed E-state index contributed by atoms with van der Waals surface area (Å²) in [5, 5.41) is 12.3. The van der Waals surface area contributed by atoms with E-state index in [2.05, 4.69) is 22.4 Å². The molecule has 1 saturated heterocycles. The summed E-state index contributed by atoms with van der Waals surface area (Å²) in [7, 11) is 0. The molecule has 2 aromatic heterocycles. The lowest BCUT2D eigenvalue weighted by atomic mass is 10.2. The van der Waals surface area contributed by atoms with Crippen LogP contribution in [0.4, 0.5) is 5.13 Å². The molecule has 2 aromatic rings. The predicted molar refractivity (Wildman–Crippen MR) is 96.1 cm³/mol. The minimum atomic E-state index is 0.156.